The summed E-state index contributed by atoms with van der Waals surface area (Å²) in [7, 11) is -3.85. The lowest BCUT2D eigenvalue weighted by Gasteiger charge is -2.25. The van der Waals surface area contributed by atoms with E-state index in [0.717, 1.165) is 42.4 Å². The summed E-state index contributed by atoms with van der Waals surface area (Å²) in [6, 6.07) is 22.7. The van der Waals surface area contributed by atoms with E-state index in [1.54, 1.807) is 12.1 Å². The van der Waals surface area contributed by atoms with Gasteiger partial charge in [0.1, 0.15) is 12.4 Å². The van der Waals surface area contributed by atoms with Crippen molar-refractivity contribution in [3.05, 3.63) is 83.9 Å². The average molecular weight is 596 g/mol. The number of hydrogen-bond donors (Lipinski definition) is 5. The average Bonchev–Trinajstić information content (AvgIpc) is 3.01. The molecule has 1 atom stereocenters. The fourth-order valence-electron chi connectivity index (χ4n) is 5.03. The third-order valence-electron chi connectivity index (χ3n) is 7.31. The molecular weight excluding hydrogens is 554 g/mol. The molecule has 0 aromatic heterocycles. The van der Waals surface area contributed by atoms with Gasteiger partial charge in [-0.3, -0.25) is 4.79 Å². The molecule has 4 rings (SSSR count). The van der Waals surface area contributed by atoms with Gasteiger partial charge in [0, 0.05) is 31.4 Å². The van der Waals surface area contributed by atoms with Crippen LogP contribution in [0.2, 0.25) is 0 Å². The topological polar surface area (TPSA) is 137 Å². The number of ether oxygens (including phenoxy) is 1. The maximum Gasteiger partial charge on any atom is 0.266 e. The number of aliphatic hydroxyl groups excluding tert-OH is 2. The lowest BCUT2D eigenvalue weighted by molar-refractivity contribution is 0.0982. The molecule has 3 aromatic carbocycles. The standard InChI is InChI=1S/C32H41N3O6S/c36-19-7-21-42(39,40)35-32(38)29-17-14-26(22-30(29)34-27-10-5-2-6-11-27)24-12-15-28(16-13-24)41-20-18-33-23-31(37)25-8-3-1-4-9-25/h1,3-4,8-9,12-17,22,27,31,33-34,36-37H,2,5-7,10-11,18-21,23H2,(H,35,38)/t31-/m0/s1. The summed E-state index contributed by atoms with van der Waals surface area (Å²) in [4.78, 5) is 13.0. The summed E-state index contributed by atoms with van der Waals surface area (Å²) < 4.78 is 32.6. The Bertz CT molecular complexity index is 1380. The Morgan fingerprint density at radius 2 is 1.67 bits per heavy atom. The Morgan fingerprint density at radius 1 is 0.952 bits per heavy atom. The van der Waals surface area contributed by atoms with Crippen LogP contribution in [0.25, 0.3) is 11.1 Å². The van der Waals surface area contributed by atoms with Gasteiger partial charge in [-0.05, 0) is 60.2 Å². The smallest absolute Gasteiger partial charge is 0.266 e. The minimum absolute atomic E-state index is 0.0579. The number of anilines is 1. The molecule has 0 aliphatic heterocycles. The molecule has 1 amide bonds. The first-order valence-corrected chi connectivity index (χ1v) is 16.2. The van der Waals surface area contributed by atoms with E-state index < -0.39 is 22.0 Å². The molecule has 10 heteroatoms. The van der Waals surface area contributed by atoms with E-state index in [-0.39, 0.29) is 30.4 Å². The molecule has 0 radical (unpaired) electrons. The summed E-state index contributed by atoms with van der Waals surface area (Å²) in [6.45, 7) is 1.20. The summed E-state index contributed by atoms with van der Waals surface area (Å²) in [5, 5.41) is 25.9. The van der Waals surface area contributed by atoms with Crippen LogP contribution in [-0.4, -0.2) is 62.6 Å². The highest BCUT2D eigenvalue weighted by atomic mass is 32.2. The molecule has 0 bridgehead atoms. The minimum atomic E-state index is -3.85. The number of nitrogens with one attached hydrogen (secondary N) is 3. The number of hydrogen-bond acceptors (Lipinski definition) is 8. The van der Waals surface area contributed by atoms with Crippen LogP contribution in [0.5, 0.6) is 5.75 Å². The second kappa shape index (κ2) is 15.7. The lowest BCUT2D eigenvalue weighted by Crippen LogP contribution is -2.34. The van der Waals surface area contributed by atoms with Crippen LogP contribution >= 0.6 is 0 Å². The Morgan fingerprint density at radius 3 is 2.38 bits per heavy atom. The maximum atomic E-state index is 13.0. The van der Waals surface area contributed by atoms with Crippen molar-refractivity contribution in [1.29, 1.82) is 0 Å². The molecule has 1 aliphatic carbocycles. The minimum Gasteiger partial charge on any atom is -0.492 e. The highest BCUT2D eigenvalue weighted by Crippen LogP contribution is 2.30. The van der Waals surface area contributed by atoms with E-state index in [0.29, 0.717) is 31.1 Å². The Kier molecular flexibility index (Phi) is 11.8. The highest BCUT2D eigenvalue weighted by Gasteiger charge is 2.21. The van der Waals surface area contributed by atoms with Crippen LogP contribution in [-0.2, 0) is 10.0 Å². The molecule has 5 N–H and O–H groups in total. The highest BCUT2D eigenvalue weighted by molar-refractivity contribution is 7.90. The first-order valence-electron chi connectivity index (χ1n) is 14.6. The van der Waals surface area contributed by atoms with Crippen molar-refractivity contribution < 1.29 is 28.2 Å². The van der Waals surface area contributed by atoms with Gasteiger partial charge in [0.2, 0.25) is 10.0 Å². The van der Waals surface area contributed by atoms with E-state index in [4.69, 9.17) is 9.84 Å². The number of aliphatic hydroxyl groups is 2. The predicted molar refractivity (Wildman–Crippen MR) is 165 cm³/mol. The van der Waals surface area contributed by atoms with Gasteiger partial charge in [0.05, 0.1) is 17.4 Å². The number of benzene rings is 3. The number of amides is 1. The first-order chi connectivity index (χ1) is 20.3. The lowest BCUT2D eigenvalue weighted by atomic mass is 9.94. The van der Waals surface area contributed by atoms with Gasteiger partial charge >= 0.3 is 0 Å². The Balaban J connectivity index is 1.38. The van der Waals surface area contributed by atoms with E-state index in [9.17, 15) is 18.3 Å². The van der Waals surface area contributed by atoms with Crippen LogP contribution in [0, 0.1) is 0 Å². The molecule has 9 nitrogen and oxygen atoms in total. The normalized spacial score (nSPS) is 14.7. The molecule has 1 saturated carbocycles. The third-order valence-corrected chi connectivity index (χ3v) is 8.63. The molecule has 1 aliphatic rings. The van der Waals surface area contributed by atoms with Crippen molar-refractivity contribution >= 4 is 21.6 Å². The zero-order valence-corrected chi connectivity index (χ0v) is 24.6. The fourth-order valence-corrected chi connectivity index (χ4v) is 6.03. The van der Waals surface area contributed by atoms with Gasteiger partial charge in [0.25, 0.3) is 5.91 Å². The molecule has 0 spiro atoms. The maximum absolute atomic E-state index is 13.0. The molecule has 0 heterocycles. The Labute approximate surface area is 248 Å². The van der Waals surface area contributed by atoms with Crippen LogP contribution in [0.3, 0.4) is 0 Å². The summed E-state index contributed by atoms with van der Waals surface area (Å²) in [6.07, 6.45) is 4.88. The zero-order chi connectivity index (χ0) is 29.8. The molecule has 1 fully saturated rings. The number of carbonyl (C=O) groups is 1. The quantitative estimate of drug-likeness (QED) is 0.165. The van der Waals surface area contributed by atoms with Crippen LogP contribution < -0.4 is 20.1 Å². The number of carbonyl (C=O) groups excluding carboxylic acids is 1. The molecule has 0 unspecified atom stereocenters. The van der Waals surface area contributed by atoms with E-state index in [1.807, 2.05) is 60.7 Å². The summed E-state index contributed by atoms with van der Waals surface area (Å²) in [5.74, 6) is -0.293. The van der Waals surface area contributed by atoms with E-state index in [1.165, 1.54) is 6.42 Å². The van der Waals surface area contributed by atoms with Crippen molar-refractivity contribution in [2.75, 3.05) is 37.4 Å². The van der Waals surface area contributed by atoms with Crippen LogP contribution in [0.1, 0.15) is 60.6 Å². The molecule has 0 saturated heterocycles. The second-order valence-electron chi connectivity index (χ2n) is 10.6. The number of sulfonamides is 1. The summed E-state index contributed by atoms with van der Waals surface area (Å²) in [5.41, 5.74) is 3.55. The third kappa shape index (κ3) is 9.55. The van der Waals surface area contributed by atoms with Crippen molar-refractivity contribution in [2.45, 2.75) is 50.7 Å². The van der Waals surface area contributed by atoms with Gasteiger partial charge < -0.3 is 25.6 Å². The number of rotatable bonds is 15. The van der Waals surface area contributed by atoms with E-state index in [2.05, 4.69) is 15.4 Å². The SMILES string of the molecule is O=C(NS(=O)(=O)CCCO)c1ccc(-c2ccc(OCCNC[C@H](O)c3ccccc3)cc2)cc1NC1CCCCC1. The zero-order valence-electron chi connectivity index (χ0n) is 23.8. The largest absolute Gasteiger partial charge is 0.492 e. The van der Waals surface area contributed by atoms with Crippen LogP contribution in [0.4, 0.5) is 5.69 Å². The van der Waals surface area contributed by atoms with Crippen LogP contribution in [0.15, 0.2) is 72.8 Å². The van der Waals surface area contributed by atoms with Crippen molar-refractivity contribution in [3.8, 4) is 16.9 Å². The fraction of sp³-hybridized carbons (Fsp3) is 0.406. The van der Waals surface area contributed by atoms with Gasteiger partial charge in [-0.15, -0.1) is 0 Å². The van der Waals surface area contributed by atoms with Gasteiger partial charge in [-0.25, -0.2) is 13.1 Å². The predicted octanol–water partition coefficient (Wildman–Crippen LogP) is 4.24. The first kappa shape index (κ1) is 31.5. The Hall–Kier alpha value is -3.44. The second-order valence-corrected chi connectivity index (χ2v) is 12.4. The van der Waals surface area contributed by atoms with Gasteiger partial charge in [-0.2, -0.15) is 0 Å². The van der Waals surface area contributed by atoms with E-state index >= 15 is 0 Å². The molecule has 42 heavy (non-hydrogen) atoms. The molecular formula is C32H41N3O6S. The van der Waals surface area contributed by atoms with Crippen molar-refractivity contribution in [1.82, 2.24) is 10.0 Å². The van der Waals surface area contributed by atoms with Gasteiger partial charge in [0.15, 0.2) is 0 Å². The van der Waals surface area contributed by atoms with Crippen molar-refractivity contribution in [2.24, 2.45) is 0 Å². The monoisotopic (exact) mass is 595 g/mol. The molecule has 3 aromatic rings. The van der Waals surface area contributed by atoms with Gasteiger partial charge in [-0.1, -0.05) is 67.8 Å². The summed E-state index contributed by atoms with van der Waals surface area (Å²) >= 11 is 0. The molecule has 226 valence electrons. The van der Waals surface area contributed by atoms with Crippen molar-refractivity contribution in [3.63, 3.8) is 0 Å².